The number of anilines is 1. The molecule has 0 spiro atoms. The molecule has 0 unspecified atom stereocenters. The zero-order valence-corrected chi connectivity index (χ0v) is 19.6. The van der Waals surface area contributed by atoms with E-state index in [0.717, 1.165) is 29.4 Å². The SMILES string of the molecule is O=C(Cc1ccc(Oc2ccc3cc(OC4CCCC4)ccc3c2)nc1)Nc1ccccc1C(=O)O. The predicted octanol–water partition coefficient (Wildman–Crippen LogP) is 6.23. The standard InChI is InChI=1S/C29H26N2O5/c32-27(31-26-8-4-3-7-25(26)29(33)34)15-19-9-14-28(30-18-19)36-24-13-11-20-16-23(12-10-21(20)17-24)35-22-5-1-2-6-22/h3-4,7-14,16-18,22H,1-2,5-6,15H2,(H,31,32)(H,33,34). The number of para-hydroxylation sites is 1. The third-order valence-electron chi connectivity index (χ3n) is 6.20. The van der Waals surface area contributed by atoms with Crippen LogP contribution in [-0.2, 0) is 11.2 Å². The molecule has 7 heteroatoms. The minimum absolute atomic E-state index is 0.0423. The summed E-state index contributed by atoms with van der Waals surface area (Å²) in [5.41, 5.74) is 0.984. The maximum atomic E-state index is 12.4. The Labute approximate surface area is 208 Å². The summed E-state index contributed by atoms with van der Waals surface area (Å²) in [6.07, 6.45) is 6.68. The van der Waals surface area contributed by atoms with Gasteiger partial charge in [-0.3, -0.25) is 4.79 Å². The Morgan fingerprint density at radius 3 is 2.36 bits per heavy atom. The van der Waals surface area contributed by atoms with Gasteiger partial charge in [0.25, 0.3) is 0 Å². The number of ether oxygens (including phenoxy) is 2. The molecule has 0 bridgehead atoms. The van der Waals surface area contributed by atoms with Crippen molar-refractivity contribution in [2.75, 3.05) is 5.32 Å². The molecule has 4 aromatic rings. The van der Waals surface area contributed by atoms with Gasteiger partial charge in [0.05, 0.1) is 23.8 Å². The summed E-state index contributed by atoms with van der Waals surface area (Å²) in [5, 5.41) is 14.0. The van der Waals surface area contributed by atoms with Crippen LogP contribution in [0.2, 0.25) is 0 Å². The lowest BCUT2D eigenvalue weighted by molar-refractivity contribution is -0.115. The number of carbonyl (C=O) groups excluding carboxylic acids is 1. The first-order valence-electron chi connectivity index (χ1n) is 12.0. The van der Waals surface area contributed by atoms with E-state index in [1.807, 2.05) is 30.3 Å². The zero-order valence-electron chi connectivity index (χ0n) is 19.6. The number of aromatic nitrogens is 1. The molecular weight excluding hydrogens is 456 g/mol. The van der Waals surface area contributed by atoms with Crippen LogP contribution < -0.4 is 14.8 Å². The second kappa shape index (κ2) is 10.5. The quantitative estimate of drug-likeness (QED) is 0.309. The highest BCUT2D eigenvalue weighted by Gasteiger charge is 2.16. The van der Waals surface area contributed by atoms with Crippen molar-refractivity contribution in [3.63, 3.8) is 0 Å². The van der Waals surface area contributed by atoms with E-state index >= 15 is 0 Å². The van der Waals surface area contributed by atoms with Crippen molar-refractivity contribution in [3.8, 4) is 17.4 Å². The van der Waals surface area contributed by atoms with Crippen LogP contribution in [-0.4, -0.2) is 28.1 Å². The number of nitrogens with zero attached hydrogens (tertiary/aromatic N) is 1. The largest absolute Gasteiger partial charge is 0.490 e. The van der Waals surface area contributed by atoms with E-state index in [1.165, 1.54) is 18.9 Å². The number of pyridine rings is 1. The van der Waals surface area contributed by atoms with Crippen molar-refractivity contribution in [1.82, 2.24) is 4.98 Å². The molecule has 1 saturated carbocycles. The Morgan fingerprint density at radius 1 is 0.917 bits per heavy atom. The molecule has 0 saturated heterocycles. The van der Waals surface area contributed by atoms with Crippen LogP contribution in [0.3, 0.4) is 0 Å². The molecule has 1 fully saturated rings. The molecule has 1 aromatic heterocycles. The van der Waals surface area contributed by atoms with E-state index < -0.39 is 5.97 Å². The average Bonchev–Trinajstić information content (AvgIpc) is 3.38. The van der Waals surface area contributed by atoms with E-state index in [-0.39, 0.29) is 23.6 Å². The Kier molecular flexibility index (Phi) is 6.80. The first-order valence-corrected chi connectivity index (χ1v) is 12.0. The molecule has 0 atom stereocenters. The van der Waals surface area contributed by atoms with Gasteiger partial charge in [0.15, 0.2) is 0 Å². The number of fused-ring (bicyclic) bond motifs is 1. The second-order valence-electron chi connectivity index (χ2n) is 8.88. The van der Waals surface area contributed by atoms with Crippen LogP contribution >= 0.6 is 0 Å². The van der Waals surface area contributed by atoms with E-state index in [0.29, 0.717) is 23.3 Å². The van der Waals surface area contributed by atoms with Gasteiger partial charge in [0.2, 0.25) is 11.8 Å². The fraction of sp³-hybridized carbons (Fsp3) is 0.207. The summed E-state index contributed by atoms with van der Waals surface area (Å²) in [7, 11) is 0. The third-order valence-corrected chi connectivity index (χ3v) is 6.20. The van der Waals surface area contributed by atoms with Crippen molar-refractivity contribution in [2.24, 2.45) is 0 Å². The average molecular weight is 483 g/mol. The Morgan fingerprint density at radius 2 is 1.64 bits per heavy atom. The molecule has 1 amide bonds. The molecule has 7 nitrogen and oxygen atoms in total. The van der Waals surface area contributed by atoms with Gasteiger partial charge in [-0.05, 0) is 78.4 Å². The molecule has 182 valence electrons. The predicted molar refractivity (Wildman–Crippen MR) is 137 cm³/mol. The third kappa shape index (κ3) is 5.63. The van der Waals surface area contributed by atoms with Crippen molar-refractivity contribution in [1.29, 1.82) is 0 Å². The van der Waals surface area contributed by atoms with Gasteiger partial charge in [-0.2, -0.15) is 0 Å². The van der Waals surface area contributed by atoms with Crippen LogP contribution in [0, 0.1) is 0 Å². The second-order valence-corrected chi connectivity index (χ2v) is 8.88. The number of nitrogens with one attached hydrogen (secondary N) is 1. The van der Waals surface area contributed by atoms with Crippen LogP contribution in [0.25, 0.3) is 10.8 Å². The summed E-state index contributed by atoms with van der Waals surface area (Å²) in [6.45, 7) is 0. The van der Waals surface area contributed by atoms with Crippen molar-refractivity contribution in [2.45, 2.75) is 38.2 Å². The fourth-order valence-corrected chi connectivity index (χ4v) is 4.39. The van der Waals surface area contributed by atoms with Gasteiger partial charge >= 0.3 is 5.97 Å². The van der Waals surface area contributed by atoms with Gasteiger partial charge in [0, 0.05) is 12.3 Å². The number of amides is 1. The van der Waals surface area contributed by atoms with Gasteiger partial charge in [-0.25, -0.2) is 9.78 Å². The van der Waals surface area contributed by atoms with Crippen LogP contribution in [0.1, 0.15) is 41.6 Å². The maximum absolute atomic E-state index is 12.4. The number of aromatic carboxylic acids is 1. The van der Waals surface area contributed by atoms with Gasteiger partial charge in [-0.1, -0.05) is 30.3 Å². The number of carboxylic acid groups (broad SMARTS) is 1. The minimum Gasteiger partial charge on any atom is -0.490 e. The zero-order chi connectivity index (χ0) is 24.9. The highest BCUT2D eigenvalue weighted by atomic mass is 16.5. The van der Waals surface area contributed by atoms with Crippen LogP contribution in [0.4, 0.5) is 5.69 Å². The molecule has 1 heterocycles. The van der Waals surface area contributed by atoms with Gasteiger partial charge < -0.3 is 19.9 Å². The van der Waals surface area contributed by atoms with Crippen molar-refractivity contribution < 1.29 is 24.2 Å². The lowest BCUT2D eigenvalue weighted by Gasteiger charge is -2.14. The molecule has 36 heavy (non-hydrogen) atoms. The molecule has 0 radical (unpaired) electrons. The van der Waals surface area contributed by atoms with E-state index in [1.54, 1.807) is 36.5 Å². The fourth-order valence-electron chi connectivity index (χ4n) is 4.39. The van der Waals surface area contributed by atoms with Gasteiger partial charge in [-0.15, -0.1) is 0 Å². The van der Waals surface area contributed by atoms with E-state index in [2.05, 4.69) is 16.4 Å². The number of benzene rings is 3. The topological polar surface area (TPSA) is 97.8 Å². The lowest BCUT2D eigenvalue weighted by Crippen LogP contribution is -2.16. The number of hydrogen-bond donors (Lipinski definition) is 2. The first kappa shape index (κ1) is 23.4. The van der Waals surface area contributed by atoms with E-state index in [4.69, 9.17) is 9.47 Å². The summed E-state index contributed by atoms with van der Waals surface area (Å²) in [6, 6.07) is 21.7. The summed E-state index contributed by atoms with van der Waals surface area (Å²) >= 11 is 0. The summed E-state index contributed by atoms with van der Waals surface area (Å²) in [4.78, 5) is 28.0. The molecule has 5 rings (SSSR count). The normalized spacial score (nSPS) is 13.4. The number of rotatable bonds is 8. The number of carboxylic acids is 1. The van der Waals surface area contributed by atoms with Crippen molar-refractivity contribution >= 4 is 28.3 Å². The number of hydrogen-bond acceptors (Lipinski definition) is 5. The highest BCUT2D eigenvalue weighted by molar-refractivity contribution is 6.01. The minimum atomic E-state index is -1.10. The monoisotopic (exact) mass is 482 g/mol. The van der Waals surface area contributed by atoms with Crippen molar-refractivity contribution in [3.05, 3.63) is 90.1 Å². The molecule has 2 N–H and O–H groups in total. The molecule has 0 aliphatic heterocycles. The lowest BCUT2D eigenvalue weighted by atomic mass is 10.1. The Balaban J connectivity index is 1.20. The van der Waals surface area contributed by atoms with Crippen LogP contribution in [0.15, 0.2) is 79.0 Å². The van der Waals surface area contributed by atoms with E-state index in [9.17, 15) is 14.7 Å². The maximum Gasteiger partial charge on any atom is 0.337 e. The number of carbonyl (C=O) groups is 2. The highest BCUT2D eigenvalue weighted by Crippen LogP contribution is 2.30. The summed E-state index contributed by atoms with van der Waals surface area (Å²) in [5.74, 6) is 0.549. The Hall–Kier alpha value is -4.39. The summed E-state index contributed by atoms with van der Waals surface area (Å²) < 4.78 is 12.0. The molecular formula is C29H26N2O5. The van der Waals surface area contributed by atoms with Gasteiger partial charge in [0.1, 0.15) is 11.5 Å². The Bertz CT molecular complexity index is 1390. The molecule has 1 aliphatic rings. The smallest absolute Gasteiger partial charge is 0.337 e. The van der Waals surface area contributed by atoms with Crippen LogP contribution in [0.5, 0.6) is 17.4 Å². The molecule has 1 aliphatic carbocycles. The first-order chi connectivity index (χ1) is 17.5. The molecule has 3 aromatic carbocycles.